The highest BCUT2D eigenvalue weighted by Gasteiger charge is 2.47. The van der Waals surface area contributed by atoms with E-state index in [1.54, 1.807) is 24.3 Å². The third-order valence-corrected chi connectivity index (χ3v) is 6.82. The number of benzene rings is 3. The number of anilines is 2. The molecule has 4 rings (SSSR count). The highest BCUT2D eigenvalue weighted by molar-refractivity contribution is 6.51. The summed E-state index contributed by atoms with van der Waals surface area (Å²) in [5.41, 5.74) is 4.04. The molecule has 0 aliphatic carbocycles. The predicted octanol–water partition coefficient (Wildman–Crippen LogP) is 6.12. The molecule has 6 nitrogen and oxygen atoms in total. The normalized spacial score (nSPS) is 16.8. The lowest BCUT2D eigenvalue weighted by Gasteiger charge is -2.27. The van der Waals surface area contributed by atoms with Crippen LogP contribution in [0.25, 0.3) is 5.76 Å². The molecule has 1 fully saturated rings. The SMILES string of the molecule is CCOc1cccc(/C(O)=C2/C(=O)C(=O)N(c3ccc(CC)cc3)C2c2ccc(N(CC)CC)cc2)c1. The number of aryl methyl sites for hydroxylation is 1. The molecule has 0 saturated carbocycles. The number of hydrogen-bond donors (Lipinski definition) is 1. The number of aliphatic hydroxyl groups is 1. The molecule has 0 radical (unpaired) electrons. The zero-order valence-corrected chi connectivity index (χ0v) is 21.9. The third kappa shape index (κ3) is 5.10. The Labute approximate surface area is 218 Å². The quantitative estimate of drug-likeness (QED) is 0.219. The molecule has 1 N–H and O–H groups in total. The van der Waals surface area contributed by atoms with Crippen LogP contribution in [0, 0.1) is 0 Å². The van der Waals surface area contributed by atoms with Gasteiger partial charge in [0.2, 0.25) is 0 Å². The number of aliphatic hydroxyl groups excluding tert-OH is 1. The number of amides is 1. The van der Waals surface area contributed by atoms with Gasteiger partial charge in [-0.15, -0.1) is 0 Å². The van der Waals surface area contributed by atoms with Gasteiger partial charge in [-0.05, 0) is 74.7 Å². The average Bonchev–Trinajstić information content (AvgIpc) is 3.20. The molecule has 1 heterocycles. The molecule has 3 aromatic rings. The molecule has 1 aliphatic heterocycles. The van der Waals surface area contributed by atoms with Gasteiger partial charge in [0.1, 0.15) is 11.5 Å². The van der Waals surface area contributed by atoms with Gasteiger partial charge in [-0.2, -0.15) is 0 Å². The smallest absolute Gasteiger partial charge is 0.300 e. The van der Waals surface area contributed by atoms with E-state index >= 15 is 0 Å². The molecule has 6 heteroatoms. The molecular formula is C31H34N2O4. The van der Waals surface area contributed by atoms with E-state index in [2.05, 4.69) is 25.7 Å². The largest absolute Gasteiger partial charge is 0.507 e. The topological polar surface area (TPSA) is 70.1 Å². The van der Waals surface area contributed by atoms with Crippen molar-refractivity contribution in [1.29, 1.82) is 0 Å². The van der Waals surface area contributed by atoms with Crippen LogP contribution < -0.4 is 14.5 Å². The van der Waals surface area contributed by atoms with Crippen LogP contribution in [0.2, 0.25) is 0 Å². The van der Waals surface area contributed by atoms with Gasteiger partial charge < -0.3 is 14.7 Å². The highest BCUT2D eigenvalue weighted by atomic mass is 16.5. The van der Waals surface area contributed by atoms with Crippen LogP contribution in [0.1, 0.15) is 50.4 Å². The summed E-state index contributed by atoms with van der Waals surface area (Å²) in [6.07, 6.45) is 0.867. The van der Waals surface area contributed by atoms with Crippen LogP contribution >= 0.6 is 0 Å². The minimum Gasteiger partial charge on any atom is -0.507 e. The van der Waals surface area contributed by atoms with Crippen molar-refractivity contribution >= 4 is 28.8 Å². The first-order valence-corrected chi connectivity index (χ1v) is 12.9. The Morgan fingerprint density at radius 1 is 0.919 bits per heavy atom. The molecule has 1 atom stereocenters. The van der Waals surface area contributed by atoms with Gasteiger partial charge in [0.05, 0.1) is 18.2 Å². The number of carbonyl (C=O) groups is 2. The van der Waals surface area contributed by atoms with Crippen molar-refractivity contribution < 1.29 is 19.4 Å². The summed E-state index contributed by atoms with van der Waals surface area (Å²) in [6.45, 7) is 10.4. The lowest BCUT2D eigenvalue weighted by Crippen LogP contribution is -2.29. The zero-order valence-electron chi connectivity index (χ0n) is 21.9. The van der Waals surface area contributed by atoms with Gasteiger partial charge in [-0.3, -0.25) is 14.5 Å². The number of Topliss-reactive ketones (excluding diaryl/α,β-unsaturated/α-hetero) is 1. The van der Waals surface area contributed by atoms with Gasteiger partial charge in [0.25, 0.3) is 11.7 Å². The van der Waals surface area contributed by atoms with E-state index < -0.39 is 17.7 Å². The van der Waals surface area contributed by atoms with Crippen molar-refractivity contribution in [3.8, 4) is 5.75 Å². The molecule has 1 amide bonds. The first-order chi connectivity index (χ1) is 17.9. The third-order valence-electron chi connectivity index (χ3n) is 6.82. The summed E-state index contributed by atoms with van der Waals surface area (Å²) in [4.78, 5) is 30.6. The summed E-state index contributed by atoms with van der Waals surface area (Å²) in [5, 5.41) is 11.4. The van der Waals surface area contributed by atoms with Crippen LogP contribution in [0.5, 0.6) is 5.75 Å². The zero-order chi connectivity index (χ0) is 26.5. The maximum absolute atomic E-state index is 13.4. The maximum Gasteiger partial charge on any atom is 0.300 e. The van der Waals surface area contributed by atoms with E-state index in [1.165, 1.54) is 4.90 Å². The number of rotatable bonds is 9. The second-order valence-corrected chi connectivity index (χ2v) is 8.91. The Hall–Kier alpha value is -4.06. The van der Waals surface area contributed by atoms with E-state index in [4.69, 9.17) is 4.74 Å². The molecule has 1 saturated heterocycles. The number of nitrogens with zero attached hydrogens (tertiary/aromatic N) is 2. The van der Waals surface area contributed by atoms with Crippen LogP contribution in [-0.4, -0.2) is 36.5 Å². The number of ether oxygens (including phenoxy) is 1. The molecule has 1 unspecified atom stereocenters. The van der Waals surface area contributed by atoms with E-state index in [9.17, 15) is 14.7 Å². The molecule has 0 spiro atoms. The van der Waals surface area contributed by atoms with Crippen molar-refractivity contribution in [1.82, 2.24) is 0 Å². The molecule has 3 aromatic carbocycles. The predicted molar refractivity (Wildman–Crippen MR) is 148 cm³/mol. The average molecular weight is 499 g/mol. The van der Waals surface area contributed by atoms with E-state index in [0.717, 1.165) is 36.3 Å². The maximum atomic E-state index is 13.4. The minimum atomic E-state index is -0.769. The first kappa shape index (κ1) is 26.0. The number of ketones is 1. The fourth-order valence-corrected chi connectivity index (χ4v) is 4.82. The van der Waals surface area contributed by atoms with Crippen molar-refractivity contribution in [3.05, 3.63) is 95.1 Å². The second-order valence-electron chi connectivity index (χ2n) is 8.91. The monoisotopic (exact) mass is 498 g/mol. The van der Waals surface area contributed by atoms with E-state index in [1.807, 2.05) is 55.5 Å². The standard InChI is InChI=1S/C31H34N2O4/c1-5-21-12-16-25(17-13-21)33-28(22-14-18-24(19-15-22)32(6-2)7-3)27(30(35)31(33)36)29(34)23-10-9-11-26(20-23)37-8-4/h9-20,28,34H,5-8H2,1-4H3/b29-27-. The summed E-state index contributed by atoms with van der Waals surface area (Å²) >= 11 is 0. The fourth-order valence-electron chi connectivity index (χ4n) is 4.82. The van der Waals surface area contributed by atoms with Crippen LogP contribution in [0.15, 0.2) is 78.4 Å². The summed E-state index contributed by atoms with van der Waals surface area (Å²) in [5.74, 6) is -1.01. The van der Waals surface area contributed by atoms with Gasteiger partial charge in [0.15, 0.2) is 0 Å². The van der Waals surface area contributed by atoms with Crippen molar-refractivity contribution in [2.75, 3.05) is 29.5 Å². The Kier molecular flexibility index (Phi) is 7.97. The number of hydrogen-bond acceptors (Lipinski definition) is 5. The van der Waals surface area contributed by atoms with Gasteiger partial charge in [-0.1, -0.05) is 43.3 Å². The lowest BCUT2D eigenvalue weighted by molar-refractivity contribution is -0.132. The highest BCUT2D eigenvalue weighted by Crippen LogP contribution is 2.42. The van der Waals surface area contributed by atoms with Crippen molar-refractivity contribution in [2.45, 2.75) is 40.2 Å². The van der Waals surface area contributed by atoms with Crippen LogP contribution in [0.3, 0.4) is 0 Å². The Bertz CT molecular complexity index is 1290. The van der Waals surface area contributed by atoms with Crippen molar-refractivity contribution in [3.63, 3.8) is 0 Å². The lowest BCUT2D eigenvalue weighted by atomic mass is 9.94. The van der Waals surface area contributed by atoms with Crippen LogP contribution in [-0.2, 0) is 16.0 Å². The first-order valence-electron chi connectivity index (χ1n) is 12.9. The minimum absolute atomic E-state index is 0.0637. The Balaban J connectivity index is 1.88. The fraction of sp³-hybridized carbons (Fsp3) is 0.290. The van der Waals surface area contributed by atoms with Gasteiger partial charge >= 0.3 is 0 Å². The van der Waals surface area contributed by atoms with Gasteiger partial charge in [0, 0.05) is 30.0 Å². The molecule has 0 aromatic heterocycles. The van der Waals surface area contributed by atoms with Crippen molar-refractivity contribution in [2.24, 2.45) is 0 Å². The van der Waals surface area contributed by atoms with Gasteiger partial charge in [-0.25, -0.2) is 0 Å². The molecule has 37 heavy (non-hydrogen) atoms. The molecule has 0 bridgehead atoms. The summed E-state index contributed by atoms with van der Waals surface area (Å²) in [6, 6.07) is 21.7. The molecule has 192 valence electrons. The summed E-state index contributed by atoms with van der Waals surface area (Å²) in [7, 11) is 0. The Morgan fingerprint density at radius 2 is 1.59 bits per heavy atom. The molecule has 1 aliphatic rings. The van der Waals surface area contributed by atoms with E-state index in [0.29, 0.717) is 23.6 Å². The molecular weight excluding hydrogens is 464 g/mol. The summed E-state index contributed by atoms with van der Waals surface area (Å²) < 4.78 is 5.59. The van der Waals surface area contributed by atoms with Crippen LogP contribution in [0.4, 0.5) is 11.4 Å². The Morgan fingerprint density at radius 3 is 2.19 bits per heavy atom. The number of carbonyl (C=O) groups excluding carboxylic acids is 2. The van der Waals surface area contributed by atoms with E-state index in [-0.39, 0.29) is 11.3 Å². The second kappa shape index (κ2) is 11.3.